The van der Waals surface area contributed by atoms with E-state index in [-0.39, 0.29) is 18.3 Å². The van der Waals surface area contributed by atoms with E-state index in [2.05, 4.69) is 9.97 Å². The van der Waals surface area contributed by atoms with Crippen LogP contribution in [0.5, 0.6) is 0 Å². The molecule has 0 bridgehead atoms. The number of aliphatic carboxylic acids is 1. The number of aliphatic hydroxyl groups is 1. The van der Waals surface area contributed by atoms with Gasteiger partial charge in [0.25, 0.3) is 0 Å². The molecule has 2 rings (SSSR count). The van der Waals surface area contributed by atoms with Crippen LogP contribution >= 0.6 is 0 Å². The van der Waals surface area contributed by atoms with Crippen molar-refractivity contribution >= 4 is 28.0 Å². The van der Waals surface area contributed by atoms with Gasteiger partial charge in [-0.15, -0.1) is 0 Å². The van der Waals surface area contributed by atoms with Crippen molar-refractivity contribution in [2.45, 2.75) is 32.3 Å². The number of carboxylic acid groups (broad SMARTS) is 1. The zero-order valence-corrected chi connectivity index (χ0v) is 19.0. The van der Waals surface area contributed by atoms with Gasteiger partial charge in [0.15, 0.2) is 0 Å². The lowest BCUT2D eigenvalue weighted by Crippen LogP contribution is -2.27. The van der Waals surface area contributed by atoms with Gasteiger partial charge in [0, 0.05) is 24.3 Å². The van der Waals surface area contributed by atoms with Crippen LogP contribution in [-0.4, -0.2) is 54.0 Å². The van der Waals surface area contributed by atoms with Crippen molar-refractivity contribution in [1.29, 1.82) is 0 Å². The van der Waals surface area contributed by atoms with Crippen molar-refractivity contribution in [1.82, 2.24) is 9.97 Å². The first kappa shape index (κ1) is 25.2. The Morgan fingerprint density at radius 2 is 1.84 bits per heavy atom. The molecule has 32 heavy (non-hydrogen) atoms. The fourth-order valence-corrected chi connectivity index (χ4v) is 3.17. The minimum Gasteiger partial charge on any atom is -0.478 e. The molecule has 172 valence electrons. The molecule has 1 aromatic carbocycles. The normalized spacial score (nSPS) is 13.2. The van der Waals surface area contributed by atoms with E-state index in [1.807, 2.05) is 13.8 Å². The molecule has 0 radical (unpaired) electrons. The smallest absolute Gasteiger partial charge is 0.327 e. The molecule has 0 aliphatic carbocycles. The molecule has 10 heteroatoms. The second-order valence-electron chi connectivity index (χ2n) is 7.47. The Hall–Kier alpha value is -3.11. The molecule has 0 fully saturated rings. The Morgan fingerprint density at radius 1 is 1.22 bits per heavy atom. The highest BCUT2D eigenvalue weighted by molar-refractivity contribution is 7.92. The molecule has 0 saturated heterocycles. The van der Waals surface area contributed by atoms with Crippen molar-refractivity contribution in [3.05, 3.63) is 59.6 Å². The Bertz CT molecular complexity index is 1130. The molecule has 2 N–H and O–H groups in total. The van der Waals surface area contributed by atoms with Gasteiger partial charge in [-0.2, -0.15) is 0 Å². The van der Waals surface area contributed by atoms with Crippen LogP contribution in [0.3, 0.4) is 0 Å². The summed E-state index contributed by atoms with van der Waals surface area (Å²) in [6.45, 7) is 3.76. The summed E-state index contributed by atoms with van der Waals surface area (Å²) >= 11 is 0. The van der Waals surface area contributed by atoms with E-state index in [0.717, 1.165) is 16.6 Å². The third-order valence-corrected chi connectivity index (χ3v) is 5.69. The maximum absolute atomic E-state index is 13.5. The molecule has 0 unspecified atom stereocenters. The number of hydrogen-bond acceptors (Lipinski definition) is 6. The summed E-state index contributed by atoms with van der Waals surface area (Å²) in [5.41, 5.74) is 1.99. The number of aromatic nitrogens is 2. The fourth-order valence-electron chi connectivity index (χ4n) is 2.79. The highest BCUT2D eigenvalue weighted by atomic mass is 32.2. The SMILES string of the molecule is CC(C)c1nc(N(C)S(C)(=O)=O)nc(-c2ccc(F)cc2)c1/C=C/[C@H](O)C/C=C\C(=O)O. The van der Waals surface area contributed by atoms with Crippen molar-refractivity contribution < 1.29 is 27.8 Å². The molecular weight excluding hydrogens is 437 g/mol. The first-order chi connectivity index (χ1) is 14.9. The molecular formula is C22H26FN3O5S. The molecule has 1 atom stereocenters. The molecule has 1 aromatic heterocycles. The predicted octanol–water partition coefficient (Wildman–Crippen LogP) is 3.21. The number of carboxylic acids is 1. The van der Waals surface area contributed by atoms with Crippen molar-refractivity contribution in [3.63, 3.8) is 0 Å². The largest absolute Gasteiger partial charge is 0.478 e. The van der Waals surface area contributed by atoms with Crippen molar-refractivity contribution in [2.75, 3.05) is 17.6 Å². The average molecular weight is 464 g/mol. The second kappa shape index (κ2) is 10.5. The molecule has 0 aliphatic heterocycles. The van der Waals surface area contributed by atoms with Gasteiger partial charge in [0.05, 0.1) is 23.7 Å². The standard InChI is InChI=1S/C22H26FN3O5S/c1-14(2)20-18(13-12-17(27)6-5-7-19(28)29)21(15-8-10-16(23)11-9-15)25-22(24-20)26(3)32(4,30)31/h5,7-14,17,27H,6H2,1-4H3,(H,28,29)/b7-5-,13-12+/t17-/m1/s1. The highest BCUT2D eigenvalue weighted by Crippen LogP contribution is 2.31. The molecule has 0 spiro atoms. The number of aliphatic hydroxyl groups excluding tert-OH is 1. The fraction of sp³-hybridized carbons (Fsp3) is 0.318. The minimum absolute atomic E-state index is 0.0300. The first-order valence-corrected chi connectivity index (χ1v) is 11.6. The summed E-state index contributed by atoms with van der Waals surface area (Å²) in [7, 11) is -2.28. The van der Waals surface area contributed by atoms with Crippen LogP contribution in [0.25, 0.3) is 17.3 Å². The Balaban J connectivity index is 2.65. The van der Waals surface area contributed by atoms with E-state index < -0.39 is 27.9 Å². The maximum Gasteiger partial charge on any atom is 0.327 e. The van der Waals surface area contributed by atoms with Crippen LogP contribution in [0.4, 0.5) is 10.3 Å². The number of carbonyl (C=O) groups is 1. The summed E-state index contributed by atoms with van der Waals surface area (Å²) in [6, 6.07) is 5.59. The zero-order chi connectivity index (χ0) is 24.1. The maximum atomic E-state index is 13.5. The number of benzene rings is 1. The van der Waals surface area contributed by atoms with Crippen molar-refractivity contribution in [3.8, 4) is 11.3 Å². The van der Waals surface area contributed by atoms with E-state index in [4.69, 9.17) is 5.11 Å². The summed E-state index contributed by atoms with van der Waals surface area (Å²) in [5, 5.41) is 18.9. The molecule has 0 saturated carbocycles. The van der Waals surface area contributed by atoms with Crippen LogP contribution in [0, 0.1) is 5.82 Å². The Morgan fingerprint density at radius 3 is 2.38 bits per heavy atom. The van der Waals surface area contributed by atoms with Gasteiger partial charge < -0.3 is 10.2 Å². The van der Waals surface area contributed by atoms with Gasteiger partial charge in [0.2, 0.25) is 16.0 Å². The van der Waals surface area contributed by atoms with Gasteiger partial charge in [-0.05, 0) is 36.6 Å². The van der Waals surface area contributed by atoms with E-state index in [0.29, 0.717) is 22.5 Å². The molecule has 8 nitrogen and oxygen atoms in total. The molecule has 1 heterocycles. The second-order valence-corrected chi connectivity index (χ2v) is 9.48. The van der Waals surface area contributed by atoms with Crippen LogP contribution in [0.15, 0.2) is 42.5 Å². The predicted molar refractivity (Wildman–Crippen MR) is 121 cm³/mol. The number of nitrogens with zero attached hydrogens (tertiary/aromatic N) is 3. The molecule has 2 aromatic rings. The lowest BCUT2D eigenvalue weighted by atomic mass is 9.97. The summed E-state index contributed by atoms with van der Waals surface area (Å²) in [4.78, 5) is 19.5. The van der Waals surface area contributed by atoms with E-state index >= 15 is 0 Å². The average Bonchev–Trinajstić information content (AvgIpc) is 2.70. The third kappa shape index (κ3) is 6.69. The first-order valence-electron chi connectivity index (χ1n) is 9.77. The lowest BCUT2D eigenvalue weighted by Gasteiger charge is -2.20. The van der Waals surface area contributed by atoms with Gasteiger partial charge in [-0.25, -0.2) is 31.9 Å². The quantitative estimate of drug-likeness (QED) is 0.548. The Labute approximate surface area is 186 Å². The van der Waals surface area contributed by atoms with E-state index in [1.54, 1.807) is 6.08 Å². The summed E-state index contributed by atoms with van der Waals surface area (Å²) < 4.78 is 38.6. The van der Waals surface area contributed by atoms with Gasteiger partial charge in [0.1, 0.15) is 5.82 Å². The number of rotatable bonds is 9. The minimum atomic E-state index is -3.63. The van der Waals surface area contributed by atoms with Crippen LogP contribution in [0.1, 0.15) is 37.4 Å². The lowest BCUT2D eigenvalue weighted by molar-refractivity contribution is -0.131. The topological polar surface area (TPSA) is 121 Å². The monoisotopic (exact) mass is 463 g/mol. The van der Waals surface area contributed by atoms with Crippen LogP contribution in [0.2, 0.25) is 0 Å². The number of anilines is 1. The van der Waals surface area contributed by atoms with E-state index in [1.165, 1.54) is 43.5 Å². The van der Waals surface area contributed by atoms with Crippen molar-refractivity contribution in [2.24, 2.45) is 0 Å². The molecule has 0 aliphatic rings. The van der Waals surface area contributed by atoms with Gasteiger partial charge >= 0.3 is 5.97 Å². The third-order valence-electron chi connectivity index (χ3n) is 4.53. The Kier molecular flexibility index (Phi) is 8.23. The highest BCUT2D eigenvalue weighted by Gasteiger charge is 2.22. The van der Waals surface area contributed by atoms with Crippen LogP contribution < -0.4 is 4.31 Å². The number of sulfonamides is 1. The summed E-state index contributed by atoms with van der Waals surface area (Å²) in [6.07, 6.45) is 5.52. The van der Waals surface area contributed by atoms with Crippen LogP contribution in [-0.2, 0) is 14.8 Å². The number of halogens is 1. The van der Waals surface area contributed by atoms with Gasteiger partial charge in [-0.1, -0.05) is 32.1 Å². The number of hydrogen-bond donors (Lipinski definition) is 2. The van der Waals surface area contributed by atoms with Gasteiger partial charge in [-0.3, -0.25) is 0 Å². The molecule has 0 amide bonds. The van der Waals surface area contributed by atoms with E-state index in [9.17, 15) is 22.7 Å². The zero-order valence-electron chi connectivity index (χ0n) is 18.2. The summed E-state index contributed by atoms with van der Waals surface area (Å²) in [5.74, 6) is -1.70.